The van der Waals surface area contributed by atoms with Gasteiger partial charge in [-0.1, -0.05) is 0 Å². The highest BCUT2D eigenvalue weighted by Crippen LogP contribution is 2.26. The Bertz CT molecular complexity index is 1140. The van der Waals surface area contributed by atoms with Crippen molar-refractivity contribution in [3.8, 4) is 11.3 Å². The number of H-pyrrole nitrogens is 1. The first-order valence-corrected chi connectivity index (χ1v) is 9.24. The lowest BCUT2D eigenvalue weighted by Gasteiger charge is -2.27. The summed E-state index contributed by atoms with van der Waals surface area (Å²) in [5.74, 6) is 1.54. The van der Waals surface area contributed by atoms with E-state index < -0.39 is 0 Å². The average Bonchev–Trinajstić information content (AvgIpc) is 3.23. The molecule has 1 saturated heterocycles. The number of hydrogen-bond donors (Lipinski definition) is 3. The average molecular weight is 389 g/mol. The summed E-state index contributed by atoms with van der Waals surface area (Å²) in [5, 5.41) is 11.4. The Morgan fingerprint density at radius 2 is 1.86 bits per heavy atom. The summed E-state index contributed by atoms with van der Waals surface area (Å²) in [6.45, 7) is 2.78. The first-order valence-electron chi connectivity index (χ1n) is 9.24. The minimum Gasteiger partial charge on any atom is -0.378 e. The van der Waals surface area contributed by atoms with Crippen LogP contribution in [-0.2, 0) is 4.74 Å². The van der Waals surface area contributed by atoms with Gasteiger partial charge in [-0.2, -0.15) is 10.1 Å². The van der Waals surface area contributed by atoms with Gasteiger partial charge in [-0.25, -0.2) is 15.0 Å². The number of hydrogen-bond acceptors (Lipinski definition) is 9. The van der Waals surface area contributed by atoms with Gasteiger partial charge in [0.2, 0.25) is 11.9 Å². The van der Waals surface area contributed by atoms with Crippen LogP contribution in [0.4, 0.5) is 23.4 Å². The van der Waals surface area contributed by atoms with Gasteiger partial charge in [-0.3, -0.25) is 5.10 Å². The molecule has 0 aliphatic carbocycles. The highest BCUT2D eigenvalue weighted by molar-refractivity contribution is 5.83. The van der Waals surface area contributed by atoms with Crippen LogP contribution in [0.5, 0.6) is 0 Å². The lowest BCUT2D eigenvalue weighted by molar-refractivity contribution is 0.122. The fourth-order valence-electron chi connectivity index (χ4n) is 3.19. The summed E-state index contributed by atoms with van der Waals surface area (Å²) in [5.41, 5.74) is 8.99. The molecule has 1 aliphatic rings. The molecular formula is C19H19N9O. The van der Waals surface area contributed by atoms with Crippen molar-refractivity contribution in [2.45, 2.75) is 0 Å². The van der Waals surface area contributed by atoms with E-state index in [9.17, 15) is 0 Å². The molecule has 0 saturated carbocycles. The normalized spacial score (nSPS) is 14.3. The Labute approximate surface area is 166 Å². The van der Waals surface area contributed by atoms with E-state index in [1.165, 1.54) is 0 Å². The number of nitrogens with zero attached hydrogens (tertiary/aromatic N) is 6. The van der Waals surface area contributed by atoms with Crippen LogP contribution >= 0.6 is 0 Å². The SMILES string of the molecule is Nc1ncc(-c2cc(Nc3ccc4[nH]ncc4c3)nc(N3CCOCC3)n2)cn1. The van der Waals surface area contributed by atoms with Gasteiger partial charge in [0.15, 0.2) is 0 Å². The maximum Gasteiger partial charge on any atom is 0.228 e. The zero-order valence-corrected chi connectivity index (χ0v) is 15.5. The van der Waals surface area contributed by atoms with Gasteiger partial charge in [0.25, 0.3) is 0 Å². The van der Waals surface area contributed by atoms with E-state index in [4.69, 9.17) is 20.4 Å². The fourth-order valence-corrected chi connectivity index (χ4v) is 3.19. The van der Waals surface area contributed by atoms with Gasteiger partial charge in [-0.15, -0.1) is 0 Å². The third-order valence-electron chi connectivity index (χ3n) is 4.69. The number of ether oxygens (including phenoxy) is 1. The molecule has 3 aromatic heterocycles. The summed E-state index contributed by atoms with van der Waals surface area (Å²) in [4.78, 5) is 19.7. The van der Waals surface area contributed by atoms with Crippen molar-refractivity contribution in [3.05, 3.63) is 42.9 Å². The number of nitrogens with one attached hydrogen (secondary N) is 2. The molecule has 1 fully saturated rings. The molecule has 0 amide bonds. The molecule has 10 nitrogen and oxygen atoms in total. The smallest absolute Gasteiger partial charge is 0.228 e. The molecule has 146 valence electrons. The molecule has 4 N–H and O–H groups in total. The zero-order chi connectivity index (χ0) is 19.6. The summed E-state index contributed by atoms with van der Waals surface area (Å²) >= 11 is 0. The number of benzene rings is 1. The quantitative estimate of drug-likeness (QED) is 0.479. The topological polar surface area (TPSA) is 131 Å². The summed E-state index contributed by atoms with van der Waals surface area (Å²) < 4.78 is 5.45. The van der Waals surface area contributed by atoms with E-state index in [1.807, 2.05) is 24.3 Å². The van der Waals surface area contributed by atoms with Crippen molar-refractivity contribution >= 4 is 34.3 Å². The Hall–Kier alpha value is -3.79. The van der Waals surface area contributed by atoms with E-state index in [-0.39, 0.29) is 5.95 Å². The van der Waals surface area contributed by atoms with Crippen molar-refractivity contribution < 1.29 is 4.74 Å². The summed E-state index contributed by atoms with van der Waals surface area (Å²) in [6, 6.07) is 7.84. The largest absolute Gasteiger partial charge is 0.378 e. The second kappa shape index (κ2) is 7.32. The van der Waals surface area contributed by atoms with Crippen molar-refractivity contribution in [1.29, 1.82) is 0 Å². The number of rotatable bonds is 4. The van der Waals surface area contributed by atoms with Crippen LogP contribution in [0.3, 0.4) is 0 Å². The summed E-state index contributed by atoms with van der Waals surface area (Å²) in [6.07, 6.45) is 5.11. The predicted molar refractivity (Wildman–Crippen MR) is 110 cm³/mol. The summed E-state index contributed by atoms with van der Waals surface area (Å²) in [7, 11) is 0. The lowest BCUT2D eigenvalue weighted by atomic mass is 10.2. The molecule has 0 unspecified atom stereocenters. The van der Waals surface area contributed by atoms with Crippen molar-refractivity contribution in [2.24, 2.45) is 0 Å². The van der Waals surface area contributed by atoms with Gasteiger partial charge in [-0.05, 0) is 18.2 Å². The second-order valence-electron chi connectivity index (χ2n) is 6.66. The van der Waals surface area contributed by atoms with E-state index in [2.05, 4.69) is 30.4 Å². The van der Waals surface area contributed by atoms with Gasteiger partial charge < -0.3 is 20.7 Å². The zero-order valence-electron chi connectivity index (χ0n) is 15.5. The molecule has 1 aromatic carbocycles. The second-order valence-corrected chi connectivity index (χ2v) is 6.66. The number of aromatic nitrogens is 6. The Morgan fingerprint density at radius 3 is 2.69 bits per heavy atom. The van der Waals surface area contributed by atoms with Crippen LogP contribution in [0.1, 0.15) is 0 Å². The van der Waals surface area contributed by atoms with Crippen LogP contribution in [0, 0.1) is 0 Å². The molecular weight excluding hydrogens is 370 g/mol. The maximum absolute atomic E-state index is 5.62. The first-order chi connectivity index (χ1) is 14.2. The standard InChI is InChI=1S/C19H19N9O/c20-18-21-9-13(10-22-18)16-8-17(26-19(25-16)28-3-5-29-6-4-28)24-14-1-2-15-12(7-14)11-23-27-15/h1-2,7-11H,3-6H2,(H,23,27)(H2,20,21,22)(H,24,25,26). The highest BCUT2D eigenvalue weighted by atomic mass is 16.5. The van der Waals surface area contributed by atoms with E-state index in [0.717, 1.165) is 35.2 Å². The Balaban J connectivity index is 1.53. The Kier molecular flexibility index (Phi) is 4.37. The monoisotopic (exact) mass is 389 g/mol. The van der Waals surface area contributed by atoms with Gasteiger partial charge in [0.05, 0.1) is 30.6 Å². The van der Waals surface area contributed by atoms with Gasteiger partial charge >= 0.3 is 0 Å². The third kappa shape index (κ3) is 3.65. The molecule has 0 spiro atoms. The number of nitrogen functional groups attached to an aromatic ring is 1. The third-order valence-corrected chi connectivity index (χ3v) is 4.69. The Morgan fingerprint density at radius 1 is 1.03 bits per heavy atom. The molecule has 0 bridgehead atoms. The van der Waals surface area contributed by atoms with Crippen LogP contribution < -0.4 is 16.0 Å². The minimum absolute atomic E-state index is 0.225. The molecule has 0 atom stereocenters. The highest BCUT2D eigenvalue weighted by Gasteiger charge is 2.17. The predicted octanol–water partition coefficient (Wildman–Crippen LogP) is 1.97. The maximum atomic E-state index is 5.62. The van der Waals surface area contributed by atoms with E-state index >= 15 is 0 Å². The van der Waals surface area contributed by atoms with Crippen LogP contribution in [0.25, 0.3) is 22.2 Å². The van der Waals surface area contributed by atoms with E-state index in [0.29, 0.717) is 30.7 Å². The van der Waals surface area contributed by atoms with Crippen molar-refractivity contribution in [2.75, 3.05) is 42.3 Å². The molecule has 4 heterocycles. The molecule has 4 aromatic rings. The molecule has 1 aliphatic heterocycles. The van der Waals surface area contributed by atoms with Crippen LogP contribution in [0.2, 0.25) is 0 Å². The number of aromatic amines is 1. The van der Waals surface area contributed by atoms with Crippen molar-refractivity contribution in [3.63, 3.8) is 0 Å². The molecule has 0 radical (unpaired) electrons. The minimum atomic E-state index is 0.225. The number of morpholine rings is 1. The van der Waals surface area contributed by atoms with Crippen molar-refractivity contribution in [1.82, 2.24) is 30.1 Å². The molecule has 5 rings (SSSR count). The lowest BCUT2D eigenvalue weighted by Crippen LogP contribution is -2.37. The van der Waals surface area contributed by atoms with Gasteiger partial charge in [0.1, 0.15) is 5.82 Å². The molecule has 10 heteroatoms. The van der Waals surface area contributed by atoms with Gasteiger partial charge in [0, 0.05) is 48.2 Å². The number of anilines is 4. The van der Waals surface area contributed by atoms with E-state index in [1.54, 1.807) is 18.6 Å². The molecule has 29 heavy (non-hydrogen) atoms. The number of fused-ring (bicyclic) bond motifs is 1. The number of nitrogens with two attached hydrogens (primary N) is 1. The van der Waals surface area contributed by atoms with Crippen LogP contribution in [0.15, 0.2) is 42.9 Å². The fraction of sp³-hybridized carbons (Fsp3) is 0.211. The van der Waals surface area contributed by atoms with Crippen LogP contribution in [-0.4, -0.2) is 56.4 Å². The first kappa shape index (κ1) is 17.3.